The maximum atomic E-state index is 13.1. The Hall–Kier alpha value is -3.86. The number of benzene rings is 2. The zero-order valence-corrected chi connectivity index (χ0v) is 22.8. The summed E-state index contributed by atoms with van der Waals surface area (Å²) >= 11 is 4.42. The van der Waals surface area contributed by atoms with Gasteiger partial charge in [-0.25, -0.2) is 9.69 Å². The van der Waals surface area contributed by atoms with E-state index in [0.717, 1.165) is 21.6 Å². The Labute approximate surface area is 232 Å². The minimum Gasteiger partial charge on any atom is -0.444 e. The molecule has 1 fully saturated rings. The van der Waals surface area contributed by atoms with Crippen LogP contribution in [0.25, 0.3) is 0 Å². The molecule has 4 rings (SSSR count). The van der Waals surface area contributed by atoms with Crippen molar-refractivity contribution in [3.63, 3.8) is 0 Å². The minimum atomic E-state index is -0.824. The molecule has 2 heterocycles. The number of hydrogen-bond donors (Lipinski definition) is 3. The van der Waals surface area contributed by atoms with Crippen molar-refractivity contribution < 1.29 is 28.7 Å². The summed E-state index contributed by atoms with van der Waals surface area (Å²) in [4.78, 5) is 65.1. The van der Waals surface area contributed by atoms with E-state index in [0.29, 0.717) is 17.7 Å². The normalized spacial score (nSPS) is 17.6. The number of rotatable bonds is 9. The number of carbonyl (C=O) groups excluding carboxylic acids is 5. The van der Waals surface area contributed by atoms with E-state index in [1.54, 1.807) is 18.2 Å². The highest BCUT2D eigenvalue weighted by Gasteiger charge is 2.43. The molecule has 0 aliphatic carbocycles. The van der Waals surface area contributed by atoms with Gasteiger partial charge in [0.15, 0.2) is 6.73 Å². The van der Waals surface area contributed by atoms with Gasteiger partial charge in [-0.15, -0.1) is 0 Å². The van der Waals surface area contributed by atoms with Crippen molar-refractivity contribution in [2.75, 3.05) is 12.0 Å². The Balaban J connectivity index is 1.36. The number of carbonyl (C=O) groups is 5. The summed E-state index contributed by atoms with van der Waals surface area (Å²) in [6.07, 6.45) is 1.07. The SMILES string of the molecule is CCCC(=O)OCN1C(=O)CCC(N2Cc3cc(CNC(=O)Nc4cccc(C(C)S)c4)ccc3C2=O)C1=O. The average molecular weight is 553 g/mol. The van der Waals surface area contributed by atoms with Gasteiger partial charge in [0.2, 0.25) is 5.91 Å². The third-order valence-electron chi connectivity index (χ3n) is 6.75. The van der Waals surface area contributed by atoms with Crippen LogP contribution < -0.4 is 10.6 Å². The van der Waals surface area contributed by atoms with Crippen LogP contribution in [0.3, 0.4) is 0 Å². The fourth-order valence-electron chi connectivity index (χ4n) is 4.65. The minimum absolute atomic E-state index is 0.0410. The lowest BCUT2D eigenvalue weighted by Gasteiger charge is -2.34. The van der Waals surface area contributed by atoms with E-state index >= 15 is 0 Å². The fraction of sp³-hybridized carbons (Fsp3) is 0.393. The van der Waals surface area contributed by atoms with E-state index in [4.69, 9.17) is 4.74 Å². The van der Waals surface area contributed by atoms with Crippen molar-refractivity contribution in [2.24, 2.45) is 0 Å². The summed E-state index contributed by atoms with van der Waals surface area (Å²) in [5.41, 5.74) is 3.66. The van der Waals surface area contributed by atoms with Crippen LogP contribution in [0.1, 0.15) is 71.8 Å². The number of ether oxygens (including phenoxy) is 1. The molecule has 10 nitrogen and oxygen atoms in total. The van der Waals surface area contributed by atoms with Gasteiger partial charge in [0, 0.05) is 42.4 Å². The zero-order chi connectivity index (χ0) is 28.1. The van der Waals surface area contributed by atoms with E-state index in [1.165, 1.54) is 4.90 Å². The third-order valence-corrected chi connectivity index (χ3v) is 7.05. The Morgan fingerprint density at radius 1 is 1.15 bits per heavy atom. The monoisotopic (exact) mass is 552 g/mol. The summed E-state index contributed by atoms with van der Waals surface area (Å²) in [7, 11) is 0. The molecule has 2 aliphatic rings. The molecule has 2 aromatic carbocycles. The number of anilines is 1. The number of amides is 5. The molecule has 2 atom stereocenters. The molecule has 0 saturated carbocycles. The van der Waals surface area contributed by atoms with Gasteiger partial charge in [0.1, 0.15) is 6.04 Å². The highest BCUT2D eigenvalue weighted by Crippen LogP contribution is 2.30. The van der Waals surface area contributed by atoms with Gasteiger partial charge in [-0.1, -0.05) is 31.2 Å². The Morgan fingerprint density at radius 3 is 2.69 bits per heavy atom. The predicted octanol–water partition coefficient (Wildman–Crippen LogP) is 3.77. The maximum absolute atomic E-state index is 13.1. The molecule has 0 bridgehead atoms. The van der Waals surface area contributed by atoms with E-state index in [9.17, 15) is 24.0 Å². The van der Waals surface area contributed by atoms with Crippen molar-refractivity contribution in [2.45, 2.75) is 63.9 Å². The molecule has 11 heteroatoms. The lowest BCUT2D eigenvalue weighted by Crippen LogP contribution is -2.55. The van der Waals surface area contributed by atoms with Crippen LogP contribution in [-0.2, 0) is 32.2 Å². The van der Waals surface area contributed by atoms with E-state index in [-0.39, 0.29) is 49.5 Å². The number of likely N-dealkylation sites (tertiary alicyclic amines) is 1. The molecule has 2 aliphatic heterocycles. The highest BCUT2D eigenvalue weighted by molar-refractivity contribution is 7.80. The Morgan fingerprint density at radius 2 is 1.95 bits per heavy atom. The van der Waals surface area contributed by atoms with E-state index in [2.05, 4.69) is 23.3 Å². The summed E-state index contributed by atoms with van der Waals surface area (Å²) in [6, 6.07) is 11.5. The summed E-state index contributed by atoms with van der Waals surface area (Å²) in [5, 5.41) is 5.66. The Bertz CT molecular complexity index is 1300. The number of thiol groups is 1. The van der Waals surface area contributed by atoms with Crippen molar-refractivity contribution >= 4 is 48.0 Å². The van der Waals surface area contributed by atoms with Gasteiger partial charge < -0.3 is 20.3 Å². The van der Waals surface area contributed by atoms with Gasteiger partial charge in [-0.05, 0) is 54.7 Å². The Kier molecular flexibility index (Phi) is 8.90. The summed E-state index contributed by atoms with van der Waals surface area (Å²) < 4.78 is 5.08. The van der Waals surface area contributed by atoms with Gasteiger partial charge in [-0.3, -0.25) is 19.2 Å². The molecule has 2 aromatic rings. The number of hydrogen-bond acceptors (Lipinski definition) is 7. The molecule has 1 saturated heterocycles. The van der Waals surface area contributed by atoms with Crippen LogP contribution in [0.2, 0.25) is 0 Å². The van der Waals surface area contributed by atoms with Gasteiger partial charge >= 0.3 is 12.0 Å². The number of imide groups is 1. The second-order valence-corrected chi connectivity index (χ2v) is 10.4. The summed E-state index contributed by atoms with van der Waals surface area (Å²) in [6.45, 7) is 3.78. The molecular formula is C28H32N4O6S. The smallest absolute Gasteiger partial charge is 0.319 e. The average Bonchev–Trinajstić information content (AvgIpc) is 3.23. The molecule has 0 spiro atoms. The fourth-order valence-corrected chi connectivity index (χ4v) is 4.81. The van der Waals surface area contributed by atoms with Gasteiger partial charge in [0.25, 0.3) is 11.8 Å². The van der Waals surface area contributed by atoms with Crippen LogP contribution in [0.15, 0.2) is 42.5 Å². The van der Waals surface area contributed by atoms with Crippen LogP contribution in [0, 0.1) is 0 Å². The molecule has 39 heavy (non-hydrogen) atoms. The molecular weight excluding hydrogens is 520 g/mol. The van der Waals surface area contributed by atoms with Crippen molar-refractivity contribution in [3.05, 3.63) is 64.7 Å². The van der Waals surface area contributed by atoms with E-state index in [1.807, 2.05) is 38.1 Å². The lowest BCUT2D eigenvalue weighted by molar-refractivity contribution is -0.164. The van der Waals surface area contributed by atoms with Crippen molar-refractivity contribution in [3.8, 4) is 0 Å². The first-order valence-electron chi connectivity index (χ1n) is 12.9. The number of urea groups is 1. The molecule has 0 radical (unpaired) electrons. The maximum Gasteiger partial charge on any atom is 0.319 e. The first-order valence-corrected chi connectivity index (χ1v) is 13.4. The lowest BCUT2D eigenvalue weighted by atomic mass is 10.0. The van der Waals surface area contributed by atoms with Crippen LogP contribution in [0.5, 0.6) is 0 Å². The quantitative estimate of drug-likeness (QED) is 0.247. The topological polar surface area (TPSA) is 125 Å². The third kappa shape index (κ3) is 6.59. The second kappa shape index (κ2) is 12.3. The van der Waals surface area contributed by atoms with E-state index < -0.39 is 30.6 Å². The first kappa shape index (κ1) is 28.2. The number of esters is 1. The molecule has 2 N–H and O–H groups in total. The van der Waals surface area contributed by atoms with Gasteiger partial charge in [-0.2, -0.15) is 12.6 Å². The van der Waals surface area contributed by atoms with Gasteiger partial charge in [0.05, 0.1) is 0 Å². The van der Waals surface area contributed by atoms with Crippen molar-refractivity contribution in [1.29, 1.82) is 0 Å². The van der Waals surface area contributed by atoms with Crippen molar-refractivity contribution in [1.82, 2.24) is 15.1 Å². The number of nitrogens with zero attached hydrogens (tertiary/aromatic N) is 2. The molecule has 0 aromatic heterocycles. The largest absolute Gasteiger partial charge is 0.444 e. The second-order valence-electron chi connectivity index (χ2n) is 9.64. The van der Waals surface area contributed by atoms with Crippen LogP contribution in [0.4, 0.5) is 10.5 Å². The first-order chi connectivity index (χ1) is 18.7. The predicted molar refractivity (Wildman–Crippen MR) is 147 cm³/mol. The van der Waals surface area contributed by atoms with Crippen LogP contribution >= 0.6 is 12.6 Å². The highest BCUT2D eigenvalue weighted by atomic mass is 32.1. The number of piperidine rings is 1. The molecule has 206 valence electrons. The summed E-state index contributed by atoms with van der Waals surface area (Å²) in [5.74, 6) is -1.76. The standard InChI is InChI=1S/C28H32N4O6S/c1-3-5-25(34)38-16-32-24(33)11-10-23(27(32)36)31-15-20-12-18(8-9-22(20)26(31)35)14-29-28(37)30-21-7-4-6-19(13-21)17(2)39/h4,6-9,12-13,17,23,39H,3,5,10-11,14-16H2,1-2H3,(H2,29,30,37). The zero-order valence-electron chi connectivity index (χ0n) is 21.9. The number of fused-ring (bicyclic) bond motifs is 1. The molecule has 5 amide bonds. The molecule has 2 unspecified atom stereocenters. The van der Waals surface area contributed by atoms with Crippen LogP contribution in [-0.4, -0.2) is 52.3 Å². The number of nitrogens with one attached hydrogen (secondary N) is 2.